The Hall–Kier alpha value is -3.02. The predicted octanol–water partition coefficient (Wildman–Crippen LogP) is 5.03. The second-order valence-corrected chi connectivity index (χ2v) is 8.07. The third-order valence-corrected chi connectivity index (χ3v) is 5.78. The van der Waals surface area contributed by atoms with Gasteiger partial charge in [-0.25, -0.2) is 4.79 Å². The lowest BCUT2D eigenvalue weighted by molar-refractivity contribution is -0.0283. The van der Waals surface area contributed by atoms with Crippen LogP contribution in [0.4, 0.5) is 0 Å². The number of esters is 1. The molecule has 0 saturated carbocycles. The van der Waals surface area contributed by atoms with Crippen molar-refractivity contribution < 1.29 is 14.3 Å². The van der Waals surface area contributed by atoms with Crippen molar-refractivity contribution in [2.24, 2.45) is 0 Å². The Labute approximate surface area is 190 Å². The second kappa shape index (κ2) is 11.0. The van der Waals surface area contributed by atoms with Gasteiger partial charge < -0.3 is 9.47 Å². The first-order chi connectivity index (χ1) is 15.7. The molecule has 1 aliphatic rings. The van der Waals surface area contributed by atoms with Crippen LogP contribution in [0.5, 0.6) is 0 Å². The van der Waals surface area contributed by atoms with Crippen molar-refractivity contribution in [3.8, 4) is 0 Å². The van der Waals surface area contributed by atoms with Crippen LogP contribution in [0.1, 0.15) is 53.0 Å². The normalized spacial score (nSPS) is 15.1. The number of pyridine rings is 1. The van der Waals surface area contributed by atoms with Crippen LogP contribution in [0.25, 0.3) is 0 Å². The van der Waals surface area contributed by atoms with E-state index in [1.165, 1.54) is 11.1 Å². The topological polar surface area (TPSA) is 51.7 Å². The van der Waals surface area contributed by atoms with Gasteiger partial charge in [0, 0.05) is 25.8 Å². The minimum Gasteiger partial charge on any atom is -0.462 e. The molecule has 1 fully saturated rings. The van der Waals surface area contributed by atoms with Gasteiger partial charge in [0.1, 0.15) is 6.10 Å². The molecule has 0 amide bonds. The minimum absolute atomic E-state index is 0.0584. The Morgan fingerprint density at radius 3 is 2.22 bits per heavy atom. The molecule has 0 aliphatic carbocycles. The Balaban J connectivity index is 1.36. The van der Waals surface area contributed by atoms with E-state index in [1.807, 2.05) is 25.1 Å². The van der Waals surface area contributed by atoms with Gasteiger partial charge in [0.15, 0.2) is 0 Å². The Bertz CT molecular complexity index is 947. The first-order valence-corrected chi connectivity index (χ1v) is 11.3. The maximum absolute atomic E-state index is 12.0. The molecule has 1 saturated heterocycles. The lowest BCUT2D eigenvalue weighted by Crippen LogP contribution is -2.37. The average Bonchev–Trinajstić information content (AvgIpc) is 2.85. The number of carbonyl (C=O) groups is 1. The summed E-state index contributed by atoms with van der Waals surface area (Å²) < 4.78 is 11.7. The van der Waals surface area contributed by atoms with Gasteiger partial charge in [-0.05, 0) is 43.0 Å². The van der Waals surface area contributed by atoms with Gasteiger partial charge in [0.2, 0.25) is 0 Å². The van der Waals surface area contributed by atoms with Gasteiger partial charge in [-0.2, -0.15) is 0 Å². The summed E-state index contributed by atoms with van der Waals surface area (Å²) in [6, 6.07) is 24.4. The minimum atomic E-state index is -0.295. The standard InChI is InChI=1S/C27H30N2O3/c1-2-31-27(30)23-13-16-28-24(19-23)20-29-17-14-25(15-18-29)32-26(21-9-5-3-6-10-21)22-11-7-4-8-12-22/h3-13,16,19,25-26H,2,14-15,17-18,20H2,1H3. The van der Waals surface area contributed by atoms with Gasteiger partial charge in [-0.15, -0.1) is 0 Å². The van der Waals surface area contributed by atoms with E-state index < -0.39 is 0 Å². The highest BCUT2D eigenvalue weighted by molar-refractivity contribution is 5.89. The third-order valence-electron chi connectivity index (χ3n) is 5.78. The summed E-state index contributed by atoms with van der Waals surface area (Å²) in [7, 11) is 0. The van der Waals surface area contributed by atoms with E-state index in [-0.39, 0.29) is 18.2 Å². The van der Waals surface area contributed by atoms with Crippen LogP contribution in [0.3, 0.4) is 0 Å². The molecule has 166 valence electrons. The Morgan fingerprint density at radius 1 is 1.00 bits per heavy atom. The summed E-state index contributed by atoms with van der Waals surface area (Å²) in [5.41, 5.74) is 3.81. The van der Waals surface area contributed by atoms with Crippen LogP contribution in [-0.4, -0.2) is 41.7 Å². The molecule has 4 rings (SSSR count). The Kier molecular flexibility index (Phi) is 7.64. The van der Waals surface area contributed by atoms with Crippen molar-refractivity contribution >= 4 is 5.97 Å². The molecule has 0 bridgehead atoms. The molecule has 5 nitrogen and oxygen atoms in total. The molecule has 2 heterocycles. The summed E-state index contributed by atoms with van der Waals surface area (Å²) in [4.78, 5) is 18.8. The molecule has 0 N–H and O–H groups in total. The number of nitrogens with zero attached hydrogens (tertiary/aromatic N) is 2. The fraction of sp³-hybridized carbons (Fsp3) is 0.333. The highest BCUT2D eigenvalue weighted by Crippen LogP contribution is 2.30. The van der Waals surface area contributed by atoms with Crippen LogP contribution in [0.15, 0.2) is 79.0 Å². The van der Waals surface area contributed by atoms with Crippen molar-refractivity contribution in [2.45, 2.75) is 38.5 Å². The molecule has 1 aliphatic heterocycles. The zero-order valence-corrected chi connectivity index (χ0v) is 18.5. The van der Waals surface area contributed by atoms with E-state index in [4.69, 9.17) is 9.47 Å². The highest BCUT2D eigenvalue weighted by Gasteiger charge is 2.25. The average molecular weight is 431 g/mol. The SMILES string of the molecule is CCOC(=O)c1ccnc(CN2CCC(OC(c3ccccc3)c3ccccc3)CC2)c1. The first kappa shape index (κ1) is 22.2. The number of ether oxygens (including phenoxy) is 2. The third kappa shape index (κ3) is 5.81. The summed E-state index contributed by atoms with van der Waals surface area (Å²) in [5, 5.41) is 0. The van der Waals surface area contributed by atoms with Gasteiger partial charge in [0.05, 0.1) is 24.0 Å². The summed E-state index contributed by atoms with van der Waals surface area (Å²) in [6.07, 6.45) is 3.76. The van der Waals surface area contributed by atoms with Gasteiger partial charge in [0.25, 0.3) is 0 Å². The molecule has 0 spiro atoms. The molecule has 0 radical (unpaired) electrons. The van der Waals surface area contributed by atoms with E-state index in [9.17, 15) is 4.79 Å². The van der Waals surface area contributed by atoms with E-state index in [0.717, 1.165) is 38.2 Å². The molecule has 32 heavy (non-hydrogen) atoms. The van der Waals surface area contributed by atoms with Crippen molar-refractivity contribution in [1.82, 2.24) is 9.88 Å². The lowest BCUT2D eigenvalue weighted by Gasteiger charge is -2.34. The van der Waals surface area contributed by atoms with Gasteiger partial charge in [-0.3, -0.25) is 9.88 Å². The molecule has 0 atom stereocenters. The number of hydrogen-bond donors (Lipinski definition) is 0. The van der Waals surface area contributed by atoms with E-state index in [1.54, 1.807) is 12.3 Å². The summed E-state index contributed by atoms with van der Waals surface area (Å²) in [5.74, 6) is -0.295. The van der Waals surface area contributed by atoms with E-state index in [2.05, 4.69) is 58.4 Å². The summed E-state index contributed by atoms with van der Waals surface area (Å²) in [6.45, 7) is 4.78. The number of piperidine rings is 1. The van der Waals surface area contributed by atoms with Crippen molar-refractivity contribution in [2.75, 3.05) is 19.7 Å². The van der Waals surface area contributed by atoms with Crippen molar-refractivity contribution in [3.63, 3.8) is 0 Å². The van der Waals surface area contributed by atoms with Crippen molar-refractivity contribution in [3.05, 3.63) is 101 Å². The smallest absolute Gasteiger partial charge is 0.338 e. The zero-order valence-electron chi connectivity index (χ0n) is 18.5. The first-order valence-electron chi connectivity index (χ1n) is 11.3. The highest BCUT2D eigenvalue weighted by atomic mass is 16.5. The quantitative estimate of drug-likeness (QED) is 0.469. The van der Waals surface area contributed by atoms with Gasteiger partial charge in [-0.1, -0.05) is 60.7 Å². The van der Waals surface area contributed by atoms with Gasteiger partial charge >= 0.3 is 5.97 Å². The van der Waals surface area contributed by atoms with Crippen LogP contribution in [0, 0.1) is 0 Å². The van der Waals surface area contributed by atoms with E-state index >= 15 is 0 Å². The molecule has 5 heteroatoms. The Morgan fingerprint density at radius 2 is 1.62 bits per heavy atom. The molecule has 2 aromatic carbocycles. The van der Waals surface area contributed by atoms with Crippen LogP contribution in [0.2, 0.25) is 0 Å². The molecule has 1 aromatic heterocycles. The molecular weight excluding hydrogens is 400 g/mol. The maximum atomic E-state index is 12.0. The van der Waals surface area contributed by atoms with Crippen LogP contribution in [-0.2, 0) is 16.0 Å². The predicted molar refractivity (Wildman–Crippen MR) is 124 cm³/mol. The fourth-order valence-corrected chi connectivity index (χ4v) is 4.14. The number of likely N-dealkylation sites (tertiary alicyclic amines) is 1. The number of aromatic nitrogens is 1. The summed E-state index contributed by atoms with van der Waals surface area (Å²) >= 11 is 0. The van der Waals surface area contributed by atoms with Crippen LogP contribution >= 0.6 is 0 Å². The maximum Gasteiger partial charge on any atom is 0.338 e. The zero-order chi connectivity index (χ0) is 22.2. The lowest BCUT2D eigenvalue weighted by atomic mass is 10.00. The number of rotatable bonds is 8. The number of hydrogen-bond acceptors (Lipinski definition) is 5. The molecular formula is C27H30N2O3. The fourth-order valence-electron chi connectivity index (χ4n) is 4.14. The molecule has 3 aromatic rings. The van der Waals surface area contributed by atoms with Crippen LogP contribution < -0.4 is 0 Å². The van der Waals surface area contributed by atoms with E-state index in [0.29, 0.717) is 12.2 Å². The number of benzene rings is 2. The van der Waals surface area contributed by atoms with Crippen molar-refractivity contribution in [1.29, 1.82) is 0 Å². The number of carbonyl (C=O) groups excluding carboxylic acids is 1. The largest absolute Gasteiger partial charge is 0.462 e. The molecule has 0 unspecified atom stereocenters. The second-order valence-electron chi connectivity index (χ2n) is 8.07. The monoisotopic (exact) mass is 430 g/mol.